The molecule has 1 N–H and O–H groups in total. The van der Waals surface area contributed by atoms with Gasteiger partial charge in [-0.2, -0.15) is 0 Å². The molecule has 0 unspecified atom stereocenters. The third kappa shape index (κ3) is 4.09. The SMILES string of the molecule is COc1ccccc1CN1C(=O)N[C@@H](CC(=O)N2CCCC3=C[C@H]4C[C@@H](CN5CCCC[C@H]45)[C@H]32)C1=O. The van der Waals surface area contributed by atoms with Crippen molar-refractivity contribution >= 4 is 17.8 Å². The Morgan fingerprint density at radius 1 is 1.14 bits per heavy atom. The van der Waals surface area contributed by atoms with Gasteiger partial charge in [-0.15, -0.1) is 0 Å². The van der Waals surface area contributed by atoms with Gasteiger partial charge in [0.1, 0.15) is 11.8 Å². The number of ether oxygens (including phenoxy) is 1. The molecule has 1 aromatic rings. The van der Waals surface area contributed by atoms with Gasteiger partial charge in [-0.1, -0.05) is 36.3 Å². The van der Waals surface area contributed by atoms with Gasteiger partial charge in [0.05, 0.1) is 26.1 Å². The van der Waals surface area contributed by atoms with Crippen LogP contribution in [0.5, 0.6) is 5.75 Å². The summed E-state index contributed by atoms with van der Waals surface area (Å²) in [7, 11) is 1.57. The Balaban J connectivity index is 1.15. The average molecular weight is 493 g/mol. The monoisotopic (exact) mass is 492 g/mol. The van der Waals surface area contributed by atoms with Gasteiger partial charge in [0.2, 0.25) is 5.91 Å². The number of nitrogens with zero attached hydrogens (tertiary/aromatic N) is 3. The summed E-state index contributed by atoms with van der Waals surface area (Å²) >= 11 is 0. The lowest BCUT2D eigenvalue weighted by molar-refractivity contribution is -0.139. The highest BCUT2D eigenvalue weighted by atomic mass is 16.5. The van der Waals surface area contributed by atoms with Gasteiger partial charge in [0, 0.05) is 24.7 Å². The molecule has 5 aliphatic rings. The molecule has 1 aliphatic carbocycles. The first-order valence-corrected chi connectivity index (χ1v) is 13.5. The molecular weight excluding hydrogens is 456 g/mol. The molecule has 4 saturated heterocycles. The zero-order valence-corrected chi connectivity index (χ0v) is 21.0. The van der Waals surface area contributed by atoms with Crippen molar-refractivity contribution in [2.75, 3.05) is 26.7 Å². The number of likely N-dealkylation sites (tertiary alicyclic amines) is 1. The topological polar surface area (TPSA) is 82.2 Å². The van der Waals surface area contributed by atoms with Gasteiger partial charge in [0.25, 0.3) is 5.91 Å². The van der Waals surface area contributed by atoms with Crippen molar-refractivity contribution in [1.29, 1.82) is 0 Å². The van der Waals surface area contributed by atoms with E-state index in [1.165, 1.54) is 36.3 Å². The van der Waals surface area contributed by atoms with Crippen molar-refractivity contribution in [3.63, 3.8) is 0 Å². The number of hydrogen-bond acceptors (Lipinski definition) is 5. The molecule has 1 aromatic carbocycles. The minimum Gasteiger partial charge on any atom is -0.496 e. The first kappa shape index (κ1) is 23.5. The van der Waals surface area contributed by atoms with Crippen LogP contribution < -0.4 is 10.1 Å². The van der Waals surface area contributed by atoms with Crippen molar-refractivity contribution in [1.82, 2.24) is 20.0 Å². The van der Waals surface area contributed by atoms with Crippen LogP contribution in [0, 0.1) is 11.8 Å². The summed E-state index contributed by atoms with van der Waals surface area (Å²) < 4.78 is 5.37. The Kier molecular flexibility index (Phi) is 6.23. The number of methoxy groups -OCH3 is 1. The molecule has 5 atom stereocenters. The smallest absolute Gasteiger partial charge is 0.325 e. The Hall–Kier alpha value is -2.87. The summed E-state index contributed by atoms with van der Waals surface area (Å²) in [6.07, 6.45) is 9.60. The number of imide groups is 1. The van der Waals surface area contributed by atoms with Crippen molar-refractivity contribution in [3.8, 4) is 5.75 Å². The number of benzene rings is 1. The summed E-state index contributed by atoms with van der Waals surface area (Å²) in [5, 5.41) is 2.76. The quantitative estimate of drug-likeness (QED) is 0.505. The number of piperidine rings is 3. The molecule has 36 heavy (non-hydrogen) atoms. The minimum atomic E-state index is -0.816. The maximum atomic E-state index is 13.6. The molecule has 6 rings (SSSR count). The fourth-order valence-electron chi connectivity index (χ4n) is 7.41. The van der Waals surface area contributed by atoms with Gasteiger partial charge in [-0.25, -0.2) is 4.79 Å². The number of rotatable bonds is 5. The minimum absolute atomic E-state index is 0.0132. The fraction of sp³-hybridized carbons (Fsp3) is 0.607. The van der Waals surface area contributed by atoms with E-state index >= 15 is 0 Å². The fourth-order valence-corrected chi connectivity index (χ4v) is 7.41. The molecule has 0 aromatic heterocycles. The Labute approximate surface area is 212 Å². The van der Waals surface area contributed by atoms with E-state index in [0.29, 0.717) is 23.6 Å². The molecule has 0 saturated carbocycles. The summed E-state index contributed by atoms with van der Waals surface area (Å²) in [6.45, 7) is 3.09. The van der Waals surface area contributed by atoms with E-state index in [1.54, 1.807) is 7.11 Å². The third-order valence-corrected chi connectivity index (χ3v) is 8.98. The largest absolute Gasteiger partial charge is 0.496 e. The highest BCUT2D eigenvalue weighted by Gasteiger charge is 2.48. The number of amides is 4. The molecule has 8 nitrogen and oxygen atoms in total. The first-order valence-electron chi connectivity index (χ1n) is 13.5. The number of carbonyl (C=O) groups excluding carboxylic acids is 3. The van der Waals surface area contributed by atoms with E-state index < -0.39 is 12.1 Å². The summed E-state index contributed by atoms with van der Waals surface area (Å²) in [4.78, 5) is 45.3. The molecule has 192 valence electrons. The van der Waals surface area contributed by atoms with Crippen LogP contribution in [0.15, 0.2) is 35.9 Å². The molecule has 4 heterocycles. The average Bonchev–Trinajstić information content (AvgIpc) is 3.16. The van der Waals surface area contributed by atoms with E-state index in [0.717, 1.165) is 37.9 Å². The molecular formula is C28H36N4O4. The van der Waals surface area contributed by atoms with Crippen molar-refractivity contribution in [2.24, 2.45) is 11.8 Å². The third-order valence-electron chi connectivity index (χ3n) is 8.98. The number of urea groups is 1. The van der Waals surface area contributed by atoms with E-state index in [2.05, 4.69) is 16.3 Å². The lowest BCUT2D eigenvalue weighted by Gasteiger charge is -2.54. The summed E-state index contributed by atoms with van der Waals surface area (Å²) in [5.74, 6) is 1.34. The molecule has 4 fully saturated rings. The van der Waals surface area contributed by atoms with Gasteiger partial charge < -0.3 is 15.0 Å². The first-order chi connectivity index (χ1) is 17.5. The summed E-state index contributed by atoms with van der Waals surface area (Å²) in [6, 6.07) is 6.90. The standard InChI is InChI=1S/C28H36N4O4/c1-36-24-10-3-2-7-19(24)17-32-27(34)22(29-28(32)35)15-25(33)31-12-6-8-18-13-20-14-21(26(18)31)16-30-11-5-4-9-23(20)30/h2-3,7,10,13,20-23,26H,4-6,8-9,11-12,14-17H2,1H3,(H,29,35)/t20-,21-,22-,23+,26-/m0/s1. The van der Waals surface area contributed by atoms with Crippen LogP contribution in [0.25, 0.3) is 0 Å². The van der Waals surface area contributed by atoms with Crippen molar-refractivity contribution in [2.45, 2.75) is 69.6 Å². The highest BCUT2D eigenvalue weighted by molar-refractivity contribution is 6.05. The Bertz CT molecular complexity index is 1090. The predicted octanol–water partition coefficient (Wildman–Crippen LogP) is 2.93. The lowest BCUT2D eigenvalue weighted by Crippen LogP contribution is -2.60. The zero-order chi connectivity index (χ0) is 24.8. The molecule has 4 amide bonds. The maximum absolute atomic E-state index is 13.6. The Morgan fingerprint density at radius 3 is 2.86 bits per heavy atom. The van der Waals surface area contributed by atoms with Crippen LogP contribution in [0.3, 0.4) is 0 Å². The van der Waals surface area contributed by atoms with Crippen LogP contribution in [-0.2, 0) is 16.1 Å². The normalized spacial score (nSPS) is 31.9. The van der Waals surface area contributed by atoms with E-state index in [1.807, 2.05) is 29.2 Å². The van der Waals surface area contributed by atoms with Gasteiger partial charge in [-0.05, 0) is 56.6 Å². The van der Waals surface area contributed by atoms with Crippen molar-refractivity contribution in [3.05, 3.63) is 41.5 Å². The number of carbonyl (C=O) groups is 3. The second-order valence-corrected chi connectivity index (χ2v) is 11.0. The van der Waals surface area contributed by atoms with Gasteiger partial charge >= 0.3 is 6.03 Å². The Morgan fingerprint density at radius 2 is 2.00 bits per heavy atom. The predicted molar refractivity (Wildman–Crippen MR) is 134 cm³/mol. The van der Waals surface area contributed by atoms with E-state index in [-0.39, 0.29) is 30.8 Å². The summed E-state index contributed by atoms with van der Waals surface area (Å²) in [5.41, 5.74) is 2.19. The van der Waals surface area contributed by atoms with Crippen LogP contribution in [0.4, 0.5) is 4.79 Å². The van der Waals surface area contributed by atoms with E-state index in [9.17, 15) is 14.4 Å². The molecule has 8 heteroatoms. The van der Waals surface area contributed by atoms with Crippen LogP contribution in [0.2, 0.25) is 0 Å². The van der Waals surface area contributed by atoms with Crippen LogP contribution >= 0.6 is 0 Å². The number of hydrogen-bond donors (Lipinski definition) is 1. The number of para-hydroxylation sites is 1. The second kappa shape index (κ2) is 9.54. The van der Waals surface area contributed by atoms with Crippen LogP contribution in [-0.4, -0.2) is 77.4 Å². The number of fused-ring (bicyclic) bond motifs is 6. The maximum Gasteiger partial charge on any atom is 0.325 e. The number of nitrogens with one attached hydrogen (secondary N) is 1. The second-order valence-electron chi connectivity index (χ2n) is 11.0. The molecule has 4 aliphatic heterocycles. The van der Waals surface area contributed by atoms with Crippen LogP contribution in [0.1, 0.15) is 50.5 Å². The molecule has 0 spiro atoms. The van der Waals surface area contributed by atoms with Gasteiger partial charge in [-0.3, -0.25) is 19.4 Å². The van der Waals surface area contributed by atoms with E-state index in [4.69, 9.17) is 4.74 Å². The highest BCUT2D eigenvalue weighted by Crippen LogP contribution is 2.45. The lowest BCUT2D eigenvalue weighted by atomic mass is 9.68. The van der Waals surface area contributed by atoms with Gasteiger partial charge in [0.15, 0.2) is 0 Å². The van der Waals surface area contributed by atoms with Crippen molar-refractivity contribution < 1.29 is 19.1 Å². The molecule has 2 bridgehead atoms. The zero-order valence-electron chi connectivity index (χ0n) is 21.0. The molecule has 0 radical (unpaired) electrons.